The van der Waals surface area contributed by atoms with Gasteiger partial charge in [-0.05, 0) is 34.9 Å². The van der Waals surface area contributed by atoms with E-state index < -0.39 is 0 Å². The minimum atomic E-state index is -0.207. The lowest BCUT2D eigenvalue weighted by Gasteiger charge is -2.02. The molecule has 3 aromatic rings. The van der Waals surface area contributed by atoms with Gasteiger partial charge in [0.1, 0.15) is 22.8 Å². The van der Waals surface area contributed by atoms with E-state index in [1.54, 1.807) is 34.7 Å². The Kier molecular flexibility index (Phi) is 2.70. The fourth-order valence-corrected chi connectivity index (χ4v) is 1.98. The van der Waals surface area contributed by atoms with Gasteiger partial charge in [-0.25, -0.2) is 9.97 Å². The Bertz CT molecular complexity index is 876. The highest BCUT2D eigenvalue weighted by Crippen LogP contribution is 2.23. The highest BCUT2D eigenvalue weighted by Gasteiger charge is 2.09. The minimum Gasteiger partial charge on any atom is -0.311 e. The number of nitrogens with one attached hydrogen (secondary N) is 1. The van der Waals surface area contributed by atoms with Gasteiger partial charge in [-0.2, -0.15) is 0 Å². The largest absolute Gasteiger partial charge is 0.311 e. The molecule has 0 saturated heterocycles. The van der Waals surface area contributed by atoms with Crippen LogP contribution in [0.15, 0.2) is 35.4 Å². The van der Waals surface area contributed by atoms with Crippen LogP contribution in [0.1, 0.15) is 6.92 Å². The highest BCUT2D eigenvalue weighted by atomic mass is 16.1. The van der Waals surface area contributed by atoms with Gasteiger partial charge in [0.25, 0.3) is 0 Å². The number of fused-ring (bicyclic) bond motifs is 3. The first-order valence-corrected chi connectivity index (χ1v) is 5.80. The van der Waals surface area contributed by atoms with Crippen molar-refractivity contribution in [3.8, 4) is 0 Å². The fraction of sp³-hybridized carbons (Fsp3) is 0.0833. The molecule has 0 fully saturated rings. The first-order valence-electron chi connectivity index (χ1n) is 5.80. The second kappa shape index (κ2) is 4.52. The molecule has 0 unspecified atom stereocenters. The molecule has 3 aromatic heterocycles. The Morgan fingerprint density at radius 3 is 2.95 bits per heavy atom. The number of imidazole rings is 1. The molecule has 0 aliphatic heterocycles. The number of hydrogen-bond acceptors (Lipinski definition) is 4. The third kappa shape index (κ3) is 1.90. The van der Waals surface area contributed by atoms with Crippen LogP contribution in [0.25, 0.3) is 27.3 Å². The standard InChI is InChI=1S/C12H9N7O/c1-7(20)14-9-6-5-8-12(16-9)19-10(15-8)3-2-4-11(19)17-18-13/h2-6H,1H3,(H,14,16,20). The van der Waals surface area contributed by atoms with Crippen LogP contribution in [0.3, 0.4) is 0 Å². The molecule has 0 aliphatic carbocycles. The lowest BCUT2D eigenvalue weighted by molar-refractivity contribution is -0.114. The fourth-order valence-electron chi connectivity index (χ4n) is 1.98. The molecule has 3 rings (SSSR count). The van der Waals surface area contributed by atoms with Crippen molar-refractivity contribution in [1.29, 1.82) is 0 Å². The van der Waals surface area contributed by atoms with Gasteiger partial charge in [0.2, 0.25) is 5.91 Å². The molecule has 0 saturated carbocycles. The van der Waals surface area contributed by atoms with Gasteiger partial charge in [-0.3, -0.25) is 9.20 Å². The maximum Gasteiger partial charge on any atom is 0.222 e. The Labute approximate surface area is 112 Å². The van der Waals surface area contributed by atoms with Gasteiger partial charge in [0, 0.05) is 11.8 Å². The van der Waals surface area contributed by atoms with E-state index in [0.29, 0.717) is 28.4 Å². The number of pyridine rings is 2. The second-order valence-corrected chi connectivity index (χ2v) is 4.10. The monoisotopic (exact) mass is 267 g/mol. The first kappa shape index (κ1) is 11.9. The van der Waals surface area contributed by atoms with Crippen molar-refractivity contribution in [2.75, 3.05) is 5.32 Å². The summed E-state index contributed by atoms with van der Waals surface area (Å²) >= 11 is 0. The molecule has 0 aliphatic rings. The molecule has 8 heteroatoms. The molecule has 98 valence electrons. The van der Waals surface area contributed by atoms with E-state index >= 15 is 0 Å². The quantitative estimate of drug-likeness (QED) is 0.438. The number of azide groups is 1. The van der Waals surface area contributed by atoms with Crippen LogP contribution in [0.2, 0.25) is 0 Å². The van der Waals surface area contributed by atoms with Crippen LogP contribution < -0.4 is 5.32 Å². The maximum absolute atomic E-state index is 11.1. The first-order chi connectivity index (χ1) is 9.69. The molecule has 3 heterocycles. The number of amides is 1. The lowest BCUT2D eigenvalue weighted by atomic mass is 10.4. The van der Waals surface area contributed by atoms with Crippen LogP contribution in [0.5, 0.6) is 0 Å². The summed E-state index contributed by atoms with van der Waals surface area (Å²) < 4.78 is 1.64. The normalized spacial score (nSPS) is 10.4. The van der Waals surface area contributed by atoms with Gasteiger partial charge in [0.15, 0.2) is 5.65 Å². The van der Waals surface area contributed by atoms with Crippen molar-refractivity contribution >= 4 is 34.4 Å². The molecule has 0 atom stereocenters. The van der Waals surface area contributed by atoms with Gasteiger partial charge in [-0.15, -0.1) is 0 Å². The summed E-state index contributed by atoms with van der Waals surface area (Å²) in [4.78, 5) is 22.6. The summed E-state index contributed by atoms with van der Waals surface area (Å²) in [6.45, 7) is 1.41. The number of aromatic nitrogens is 3. The lowest BCUT2D eigenvalue weighted by Crippen LogP contribution is -2.07. The molecule has 0 radical (unpaired) electrons. The topological polar surface area (TPSA) is 108 Å². The summed E-state index contributed by atoms with van der Waals surface area (Å²) in [5.74, 6) is 0.600. The summed E-state index contributed by atoms with van der Waals surface area (Å²) in [6, 6.07) is 8.63. The van der Waals surface area contributed by atoms with Crippen molar-refractivity contribution in [2.24, 2.45) is 5.11 Å². The Morgan fingerprint density at radius 1 is 1.35 bits per heavy atom. The SMILES string of the molecule is CC(=O)Nc1ccc2nc3cccc(N=[N+]=[N-])n3c2n1. The van der Waals surface area contributed by atoms with Crippen LogP contribution >= 0.6 is 0 Å². The molecular formula is C12H9N7O. The average Bonchev–Trinajstić information content (AvgIpc) is 2.77. The number of rotatable bonds is 2. The zero-order valence-corrected chi connectivity index (χ0v) is 10.5. The molecule has 8 nitrogen and oxygen atoms in total. The molecule has 0 aromatic carbocycles. The Morgan fingerprint density at radius 2 is 2.20 bits per heavy atom. The third-order valence-corrected chi connectivity index (χ3v) is 2.70. The van der Waals surface area contributed by atoms with Crippen molar-refractivity contribution in [3.05, 3.63) is 40.8 Å². The Hall–Kier alpha value is -3.12. The van der Waals surface area contributed by atoms with E-state index in [4.69, 9.17) is 5.53 Å². The number of anilines is 1. The predicted octanol–water partition coefficient (Wildman–Crippen LogP) is 2.78. The van der Waals surface area contributed by atoms with Gasteiger partial charge >= 0.3 is 0 Å². The van der Waals surface area contributed by atoms with Crippen molar-refractivity contribution < 1.29 is 4.79 Å². The van der Waals surface area contributed by atoms with Crippen LogP contribution in [0.4, 0.5) is 11.6 Å². The van der Waals surface area contributed by atoms with Gasteiger partial charge < -0.3 is 5.32 Å². The average molecular weight is 267 g/mol. The zero-order chi connectivity index (χ0) is 14.1. The van der Waals surface area contributed by atoms with E-state index in [0.717, 1.165) is 0 Å². The van der Waals surface area contributed by atoms with Crippen LogP contribution in [0, 0.1) is 0 Å². The molecule has 0 bridgehead atoms. The number of nitrogens with zero attached hydrogens (tertiary/aromatic N) is 6. The van der Waals surface area contributed by atoms with E-state index in [-0.39, 0.29) is 5.91 Å². The Balaban J connectivity index is 2.33. The molecule has 0 spiro atoms. The van der Waals surface area contributed by atoms with E-state index in [1.807, 2.05) is 0 Å². The molecule has 20 heavy (non-hydrogen) atoms. The maximum atomic E-state index is 11.1. The summed E-state index contributed by atoms with van der Waals surface area (Å²) in [5, 5.41) is 6.23. The number of carbonyl (C=O) groups is 1. The summed E-state index contributed by atoms with van der Waals surface area (Å²) in [5.41, 5.74) is 10.4. The molecule has 1 amide bonds. The molecule has 1 N–H and O–H groups in total. The van der Waals surface area contributed by atoms with Crippen LogP contribution in [-0.2, 0) is 4.79 Å². The van der Waals surface area contributed by atoms with E-state index in [1.165, 1.54) is 6.92 Å². The number of carbonyl (C=O) groups excluding carboxylic acids is 1. The second-order valence-electron chi connectivity index (χ2n) is 4.10. The van der Waals surface area contributed by atoms with Crippen molar-refractivity contribution in [3.63, 3.8) is 0 Å². The third-order valence-electron chi connectivity index (χ3n) is 2.70. The van der Waals surface area contributed by atoms with E-state index in [9.17, 15) is 4.79 Å². The highest BCUT2D eigenvalue weighted by molar-refractivity contribution is 5.89. The number of hydrogen-bond donors (Lipinski definition) is 1. The summed E-state index contributed by atoms with van der Waals surface area (Å²) in [6.07, 6.45) is 0. The van der Waals surface area contributed by atoms with Crippen molar-refractivity contribution in [2.45, 2.75) is 6.92 Å². The van der Waals surface area contributed by atoms with Crippen LogP contribution in [-0.4, -0.2) is 20.3 Å². The summed E-state index contributed by atoms with van der Waals surface area (Å²) in [7, 11) is 0. The van der Waals surface area contributed by atoms with E-state index in [2.05, 4.69) is 25.3 Å². The smallest absolute Gasteiger partial charge is 0.222 e. The zero-order valence-electron chi connectivity index (χ0n) is 10.5. The van der Waals surface area contributed by atoms with Gasteiger partial charge in [0.05, 0.1) is 0 Å². The minimum absolute atomic E-state index is 0.207. The molecular weight excluding hydrogens is 258 g/mol. The van der Waals surface area contributed by atoms with Crippen molar-refractivity contribution in [1.82, 2.24) is 14.4 Å². The van der Waals surface area contributed by atoms with Gasteiger partial charge in [-0.1, -0.05) is 6.07 Å². The predicted molar refractivity (Wildman–Crippen MR) is 73.6 cm³/mol.